The summed E-state index contributed by atoms with van der Waals surface area (Å²) in [7, 11) is 0. The van der Waals surface area contributed by atoms with Gasteiger partial charge in [0.05, 0.1) is 0 Å². The first-order valence-corrected chi connectivity index (χ1v) is 7.19. The van der Waals surface area contributed by atoms with E-state index in [1.165, 1.54) is 0 Å². The van der Waals surface area contributed by atoms with Gasteiger partial charge in [-0.3, -0.25) is 9.59 Å². The summed E-state index contributed by atoms with van der Waals surface area (Å²) >= 11 is 0. The highest BCUT2D eigenvalue weighted by Crippen LogP contribution is 2.26. The number of H-pyrrole nitrogens is 1. The van der Waals surface area contributed by atoms with Crippen LogP contribution < -0.4 is 16.6 Å². The molecule has 1 aliphatic rings. The van der Waals surface area contributed by atoms with Gasteiger partial charge in [0.25, 0.3) is 5.56 Å². The van der Waals surface area contributed by atoms with Crippen molar-refractivity contribution >= 4 is 18.3 Å². The average molecular weight is 314 g/mol. The Morgan fingerprint density at radius 2 is 2.14 bits per heavy atom. The predicted molar refractivity (Wildman–Crippen MR) is 85.6 cm³/mol. The van der Waals surface area contributed by atoms with Gasteiger partial charge >= 0.3 is 0 Å². The van der Waals surface area contributed by atoms with Gasteiger partial charge in [-0.15, -0.1) is 12.4 Å². The fourth-order valence-corrected chi connectivity index (χ4v) is 2.92. The van der Waals surface area contributed by atoms with Crippen molar-refractivity contribution in [2.75, 3.05) is 0 Å². The number of carbonyl (C=O) groups is 1. The number of nitrogens with one attached hydrogen (secondary N) is 2. The van der Waals surface area contributed by atoms with E-state index in [-0.39, 0.29) is 42.4 Å². The molecule has 1 amide bonds. The van der Waals surface area contributed by atoms with E-state index in [0.717, 1.165) is 30.5 Å². The van der Waals surface area contributed by atoms with Crippen LogP contribution in [0.1, 0.15) is 42.5 Å². The van der Waals surface area contributed by atoms with Crippen molar-refractivity contribution in [1.29, 1.82) is 0 Å². The number of aryl methyl sites for hydroxylation is 2. The Kier molecular flexibility index (Phi) is 6.42. The lowest BCUT2D eigenvalue weighted by Crippen LogP contribution is -2.32. The Morgan fingerprint density at radius 1 is 1.43 bits per heavy atom. The van der Waals surface area contributed by atoms with Gasteiger partial charge in [0, 0.05) is 30.3 Å². The van der Waals surface area contributed by atoms with Gasteiger partial charge < -0.3 is 16.0 Å². The molecule has 2 atom stereocenters. The van der Waals surface area contributed by atoms with E-state index in [9.17, 15) is 9.59 Å². The van der Waals surface area contributed by atoms with Gasteiger partial charge in [0.15, 0.2) is 0 Å². The molecule has 1 aromatic rings. The summed E-state index contributed by atoms with van der Waals surface area (Å²) in [6.45, 7) is 4.01. The molecule has 1 aliphatic carbocycles. The van der Waals surface area contributed by atoms with Crippen molar-refractivity contribution in [3.63, 3.8) is 0 Å². The summed E-state index contributed by atoms with van der Waals surface area (Å²) in [4.78, 5) is 26.5. The number of pyridine rings is 1. The second-order valence-electron chi connectivity index (χ2n) is 5.78. The summed E-state index contributed by atoms with van der Waals surface area (Å²) in [5.74, 6) is 0.263. The SMILES string of the molecule is Cc1cc(C)c(CNC(=O)C[C@@H]2CCC[C@H]2N)c(=O)[nH]1.Cl. The number of hydrogen-bond acceptors (Lipinski definition) is 3. The van der Waals surface area contributed by atoms with Crippen LogP contribution in [-0.4, -0.2) is 16.9 Å². The lowest BCUT2D eigenvalue weighted by Gasteiger charge is -2.15. The van der Waals surface area contributed by atoms with Gasteiger partial charge in [0.2, 0.25) is 5.91 Å². The molecule has 21 heavy (non-hydrogen) atoms. The molecule has 1 saturated carbocycles. The highest BCUT2D eigenvalue weighted by Gasteiger charge is 2.25. The monoisotopic (exact) mass is 313 g/mol. The molecular formula is C15H24ClN3O2. The fraction of sp³-hybridized carbons (Fsp3) is 0.600. The van der Waals surface area contributed by atoms with E-state index in [1.807, 2.05) is 19.9 Å². The molecule has 0 aromatic carbocycles. The van der Waals surface area contributed by atoms with Gasteiger partial charge in [-0.2, -0.15) is 0 Å². The smallest absolute Gasteiger partial charge is 0.253 e. The highest BCUT2D eigenvalue weighted by atomic mass is 35.5. The Hall–Kier alpha value is -1.33. The molecule has 1 aromatic heterocycles. The van der Waals surface area contributed by atoms with Crippen molar-refractivity contribution in [2.24, 2.45) is 11.7 Å². The number of aromatic nitrogens is 1. The second kappa shape index (κ2) is 7.61. The van der Waals surface area contributed by atoms with E-state index in [2.05, 4.69) is 10.3 Å². The molecular weight excluding hydrogens is 290 g/mol. The second-order valence-corrected chi connectivity index (χ2v) is 5.78. The third-order valence-corrected chi connectivity index (χ3v) is 4.12. The maximum Gasteiger partial charge on any atom is 0.253 e. The molecule has 0 spiro atoms. The first kappa shape index (κ1) is 17.7. The zero-order valence-electron chi connectivity index (χ0n) is 12.6. The molecule has 1 heterocycles. The molecule has 5 nitrogen and oxygen atoms in total. The van der Waals surface area contributed by atoms with Crippen molar-refractivity contribution < 1.29 is 4.79 Å². The standard InChI is InChI=1S/C15H23N3O2.ClH/c1-9-6-10(2)18-15(20)12(9)8-17-14(19)7-11-4-3-5-13(11)16;/h6,11,13H,3-5,7-8,16H2,1-2H3,(H,17,19)(H,18,20);1H/t11-,13+;/m0./s1. The Balaban J connectivity index is 0.00000220. The average Bonchev–Trinajstić information content (AvgIpc) is 2.73. The molecule has 118 valence electrons. The van der Waals surface area contributed by atoms with Crippen LogP contribution in [0, 0.1) is 19.8 Å². The molecule has 0 bridgehead atoms. The number of hydrogen-bond donors (Lipinski definition) is 3. The van der Waals surface area contributed by atoms with Gasteiger partial charge in [-0.05, 0) is 44.2 Å². The van der Waals surface area contributed by atoms with Gasteiger partial charge in [-0.1, -0.05) is 6.42 Å². The minimum Gasteiger partial charge on any atom is -0.352 e. The molecule has 2 rings (SSSR count). The van der Waals surface area contributed by atoms with Crippen LogP contribution in [-0.2, 0) is 11.3 Å². The lowest BCUT2D eigenvalue weighted by atomic mass is 10.00. The Morgan fingerprint density at radius 3 is 2.71 bits per heavy atom. The summed E-state index contributed by atoms with van der Waals surface area (Å²) < 4.78 is 0. The molecule has 0 unspecified atom stereocenters. The minimum absolute atomic E-state index is 0. The highest BCUT2D eigenvalue weighted by molar-refractivity contribution is 5.85. The Labute approximate surface area is 131 Å². The third-order valence-electron chi connectivity index (χ3n) is 4.12. The van der Waals surface area contributed by atoms with Crippen molar-refractivity contribution in [3.05, 3.63) is 33.2 Å². The van der Waals surface area contributed by atoms with Crippen LogP contribution >= 0.6 is 12.4 Å². The van der Waals surface area contributed by atoms with Crippen LogP contribution in [0.2, 0.25) is 0 Å². The number of carbonyl (C=O) groups excluding carboxylic acids is 1. The number of amides is 1. The predicted octanol–water partition coefficient (Wildman–Crippen LogP) is 1.55. The van der Waals surface area contributed by atoms with Gasteiger partial charge in [0.1, 0.15) is 0 Å². The maximum absolute atomic E-state index is 11.9. The van der Waals surface area contributed by atoms with Crippen molar-refractivity contribution in [3.8, 4) is 0 Å². The van der Waals surface area contributed by atoms with E-state index >= 15 is 0 Å². The number of aromatic amines is 1. The van der Waals surface area contributed by atoms with Crippen molar-refractivity contribution in [1.82, 2.24) is 10.3 Å². The van der Waals surface area contributed by atoms with Crippen molar-refractivity contribution in [2.45, 2.75) is 52.1 Å². The molecule has 1 fully saturated rings. The summed E-state index contributed by atoms with van der Waals surface area (Å²) in [6, 6.07) is 2.06. The third kappa shape index (κ3) is 4.58. The first-order chi connectivity index (χ1) is 9.47. The van der Waals surface area contributed by atoms with Crippen LogP contribution in [0.25, 0.3) is 0 Å². The lowest BCUT2D eigenvalue weighted by molar-refractivity contribution is -0.122. The summed E-state index contributed by atoms with van der Waals surface area (Å²) in [5.41, 5.74) is 8.20. The fourth-order valence-electron chi connectivity index (χ4n) is 2.92. The maximum atomic E-state index is 11.9. The van der Waals surface area contributed by atoms with Crippen LogP contribution in [0.5, 0.6) is 0 Å². The number of nitrogens with two attached hydrogens (primary N) is 1. The van der Waals surface area contributed by atoms with E-state index in [4.69, 9.17) is 5.73 Å². The normalized spacial score (nSPS) is 20.9. The van der Waals surface area contributed by atoms with E-state index < -0.39 is 0 Å². The molecule has 0 saturated heterocycles. The van der Waals surface area contributed by atoms with Gasteiger partial charge in [-0.25, -0.2) is 0 Å². The van der Waals surface area contributed by atoms with E-state index in [0.29, 0.717) is 12.0 Å². The van der Waals surface area contributed by atoms with E-state index in [1.54, 1.807) is 0 Å². The zero-order chi connectivity index (χ0) is 14.7. The molecule has 6 heteroatoms. The van der Waals surface area contributed by atoms with Crippen LogP contribution in [0.3, 0.4) is 0 Å². The topological polar surface area (TPSA) is 88.0 Å². The van der Waals surface area contributed by atoms with Crippen LogP contribution in [0.4, 0.5) is 0 Å². The first-order valence-electron chi connectivity index (χ1n) is 7.19. The zero-order valence-corrected chi connectivity index (χ0v) is 13.4. The van der Waals surface area contributed by atoms with Crippen LogP contribution in [0.15, 0.2) is 10.9 Å². The number of rotatable bonds is 4. The summed E-state index contributed by atoms with van der Waals surface area (Å²) in [6.07, 6.45) is 3.60. The molecule has 0 radical (unpaired) electrons. The summed E-state index contributed by atoms with van der Waals surface area (Å²) in [5, 5.41) is 2.83. The quantitative estimate of drug-likeness (QED) is 0.788. The molecule has 4 N–H and O–H groups in total. The Bertz CT molecular complexity index is 556. The number of halogens is 1. The minimum atomic E-state index is -0.125. The largest absolute Gasteiger partial charge is 0.352 e. The molecule has 0 aliphatic heterocycles.